The zero-order chi connectivity index (χ0) is 29.6. The van der Waals surface area contributed by atoms with Crippen LogP contribution in [0, 0.1) is 16.0 Å². The third-order valence-electron chi connectivity index (χ3n) is 7.60. The fourth-order valence-electron chi connectivity index (χ4n) is 5.38. The molecule has 3 atom stereocenters. The number of nitrogens with one attached hydrogen (secondary N) is 1. The van der Waals surface area contributed by atoms with Crippen LogP contribution < -0.4 is 10.2 Å². The maximum Gasteiger partial charge on any atom is 0.285 e. The van der Waals surface area contributed by atoms with Crippen LogP contribution in [-0.2, 0) is 9.84 Å². The summed E-state index contributed by atoms with van der Waals surface area (Å²) < 4.78 is 23.7. The van der Waals surface area contributed by atoms with Crippen LogP contribution in [0.2, 0.25) is 0 Å². The number of nitro groups is 1. The normalized spacial score (nSPS) is 21.0. The standard InChI is InChI=1S/C28H32ClN7O4S/c1-16(2)20-6-7-24(35-13-18(17(35)3)15-41(5,39)40)23-12-31-26(11-21(20)23)32-25-8-9-30-28(33-25)22-10-19(36(37)38)14-34(4)27(22)29/h6-12,14,16-18,27H,13,15H2,1-5H3,(H,30,31,32,33)/t17-,18-,27?/m1/s1. The second-order valence-electron chi connectivity index (χ2n) is 11.0. The van der Waals surface area contributed by atoms with Gasteiger partial charge < -0.3 is 15.1 Å². The van der Waals surface area contributed by atoms with Crippen LogP contribution >= 0.6 is 11.6 Å². The summed E-state index contributed by atoms with van der Waals surface area (Å²) >= 11 is 6.51. The number of hydrogen-bond acceptors (Lipinski definition) is 10. The fourth-order valence-corrected chi connectivity index (χ4v) is 6.76. The lowest BCUT2D eigenvalue weighted by Gasteiger charge is -2.48. The van der Waals surface area contributed by atoms with Gasteiger partial charge in [0.1, 0.15) is 27.0 Å². The molecule has 0 radical (unpaired) electrons. The Morgan fingerprint density at radius 2 is 1.95 bits per heavy atom. The molecule has 11 nitrogen and oxygen atoms in total. The molecule has 41 heavy (non-hydrogen) atoms. The van der Waals surface area contributed by atoms with Gasteiger partial charge in [0.15, 0.2) is 5.82 Å². The highest BCUT2D eigenvalue weighted by molar-refractivity contribution is 7.90. The summed E-state index contributed by atoms with van der Waals surface area (Å²) in [6.45, 7) is 7.01. The number of aromatic nitrogens is 3. The quantitative estimate of drug-likeness (QED) is 0.167. The van der Waals surface area contributed by atoms with Crippen LogP contribution in [0.25, 0.3) is 16.3 Å². The molecule has 2 aliphatic rings. The van der Waals surface area contributed by atoms with E-state index in [9.17, 15) is 18.5 Å². The Kier molecular flexibility index (Phi) is 7.64. The van der Waals surface area contributed by atoms with Crippen LogP contribution in [0.3, 0.4) is 0 Å². The minimum Gasteiger partial charge on any atom is -0.368 e. The van der Waals surface area contributed by atoms with Gasteiger partial charge in [0.2, 0.25) is 0 Å². The van der Waals surface area contributed by atoms with Gasteiger partial charge in [-0.25, -0.2) is 23.4 Å². The van der Waals surface area contributed by atoms with E-state index in [1.807, 2.05) is 12.3 Å². The maximum absolute atomic E-state index is 11.8. The third-order valence-corrected chi connectivity index (χ3v) is 9.18. The molecule has 0 bridgehead atoms. The summed E-state index contributed by atoms with van der Waals surface area (Å²) in [5, 5.41) is 16.7. The Morgan fingerprint density at radius 1 is 1.20 bits per heavy atom. The van der Waals surface area contributed by atoms with E-state index in [2.05, 4.69) is 58.1 Å². The monoisotopic (exact) mass is 597 g/mol. The summed E-state index contributed by atoms with van der Waals surface area (Å²) in [4.78, 5) is 28.2. The molecule has 1 fully saturated rings. The molecule has 1 N–H and O–H groups in total. The molecule has 0 aliphatic carbocycles. The van der Waals surface area contributed by atoms with Gasteiger partial charge >= 0.3 is 0 Å². The Balaban J connectivity index is 1.46. The van der Waals surface area contributed by atoms with Crippen LogP contribution in [0.15, 0.2) is 54.6 Å². The number of halogens is 1. The Hall–Kier alpha value is -3.77. The SMILES string of the molecule is CC(C)c1ccc(N2C[C@H](CS(C)(=O)=O)[C@H]2C)c2cnc(Nc3ccnc(C4=CC([N+](=O)[O-])=CN(C)C4Cl)n3)cc12. The van der Waals surface area contributed by atoms with E-state index in [4.69, 9.17) is 11.6 Å². The largest absolute Gasteiger partial charge is 0.368 e. The lowest BCUT2D eigenvalue weighted by Crippen LogP contribution is -2.57. The molecule has 2 aliphatic heterocycles. The number of rotatable bonds is 8. The summed E-state index contributed by atoms with van der Waals surface area (Å²) in [6.07, 6.45) is 7.44. The maximum atomic E-state index is 11.8. The topological polar surface area (TPSA) is 134 Å². The van der Waals surface area contributed by atoms with Crippen LogP contribution in [-0.4, -0.2) is 70.3 Å². The minimum absolute atomic E-state index is 0.0919. The van der Waals surface area contributed by atoms with Crippen molar-refractivity contribution in [2.24, 2.45) is 5.92 Å². The van der Waals surface area contributed by atoms with Crippen molar-refractivity contribution in [3.05, 3.63) is 76.1 Å². The Labute approximate surface area is 244 Å². The Bertz CT molecular complexity index is 1690. The van der Waals surface area contributed by atoms with Crippen molar-refractivity contribution >= 4 is 55.1 Å². The third kappa shape index (κ3) is 5.84. The van der Waals surface area contributed by atoms with Crippen molar-refractivity contribution in [1.29, 1.82) is 0 Å². The number of anilines is 3. The number of sulfone groups is 1. The van der Waals surface area contributed by atoms with Crippen LogP contribution in [0.4, 0.5) is 17.3 Å². The van der Waals surface area contributed by atoms with Crippen LogP contribution in [0.5, 0.6) is 0 Å². The molecular formula is C28H32ClN7O4S. The molecule has 1 aromatic carbocycles. The fraction of sp³-hybridized carbons (Fsp3) is 0.393. The van der Waals surface area contributed by atoms with E-state index in [1.165, 1.54) is 23.4 Å². The van der Waals surface area contributed by atoms with E-state index in [0.29, 0.717) is 23.8 Å². The molecule has 4 heterocycles. The van der Waals surface area contributed by atoms with Crippen molar-refractivity contribution in [3.63, 3.8) is 0 Å². The highest BCUT2D eigenvalue weighted by atomic mass is 35.5. The summed E-state index contributed by atoms with van der Waals surface area (Å²) in [7, 11) is -1.39. The van der Waals surface area contributed by atoms with Gasteiger partial charge in [-0.15, -0.1) is 0 Å². The van der Waals surface area contributed by atoms with Gasteiger partial charge in [0.25, 0.3) is 5.70 Å². The molecule has 13 heteroatoms. The highest BCUT2D eigenvalue weighted by Crippen LogP contribution is 2.39. The van der Waals surface area contributed by atoms with Gasteiger partial charge in [-0.05, 0) is 42.0 Å². The van der Waals surface area contributed by atoms with Gasteiger partial charge in [-0.2, -0.15) is 0 Å². The minimum atomic E-state index is -3.04. The number of benzene rings is 1. The molecule has 216 valence electrons. The van der Waals surface area contributed by atoms with E-state index in [0.717, 1.165) is 22.0 Å². The molecule has 2 aromatic heterocycles. The highest BCUT2D eigenvalue weighted by Gasteiger charge is 2.38. The van der Waals surface area contributed by atoms with E-state index >= 15 is 0 Å². The summed E-state index contributed by atoms with van der Waals surface area (Å²) in [5.74, 6) is 1.86. The molecule has 0 saturated carbocycles. The number of allylic oxidation sites excluding steroid dienone is 1. The molecule has 3 aromatic rings. The zero-order valence-corrected chi connectivity index (χ0v) is 25.0. The second-order valence-corrected chi connectivity index (χ2v) is 13.6. The number of pyridine rings is 1. The number of hydrogen-bond donors (Lipinski definition) is 1. The average Bonchev–Trinajstić information content (AvgIpc) is 2.91. The van der Waals surface area contributed by atoms with E-state index in [-0.39, 0.29) is 35.2 Å². The van der Waals surface area contributed by atoms with Crippen molar-refractivity contribution in [2.75, 3.05) is 35.8 Å². The first kappa shape index (κ1) is 28.7. The molecule has 0 amide bonds. The number of nitrogens with zero attached hydrogens (tertiary/aromatic N) is 6. The molecule has 0 spiro atoms. The first-order valence-electron chi connectivity index (χ1n) is 13.2. The van der Waals surface area contributed by atoms with Gasteiger partial charge in [-0.1, -0.05) is 31.5 Å². The molecule has 1 unspecified atom stereocenters. The zero-order valence-electron chi connectivity index (χ0n) is 23.4. The van der Waals surface area contributed by atoms with Crippen LogP contribution in [0.1, 0.15) is 38.1 Å². The van der Waals surface area contributed by atoms with E-state index in [1.54, 1.807) is 19.3 Å². The number of alkyl halides is 1. The predicted octanol–water partition coefficient (Wildman–Crippen LogP) is 4.77. The van der Waals surface area contributed by atoms with Gasteiger partial charge in [0.05, 0.1) is 16.9 Å². The summed E-state index contributed by atoms with van der Waals surface area (Å²) in [5.41, 5.74) is 1.84. The number of fused-ring (bicyclic) bond motifs is 1. The van der Waals surface area contributed by atoms with Crippen molar-refractivity contribution in [2.45, 2.75) is 38.2 Å². The summed E-state index contributed by atoms with van der Waals surface area (Å²) in [6, 6.07) is 8.00. The molecular weight excluding hydrogens is 566 g/mol. The van der Waals surface area contributed by atoms with Crippen molar-refractivity contribution in [1.82, 2.24) is 19.9 Å². The van der Waals surface area contributed by atoms with Gasteiger partial charge in [0, 0.05) is 66.9 Å². The molecule has 5 rings (SSSR count). The number of likely N-dealkylation sites (N-methyl/N-ethyl adjacent to an activating group) is 1. The average molecular weight is 598 g/mol. The van der Waals surface area contributed by atoms with E-state index < -0.39 is 20.3 Å². The smallest absolute Gasteiger partial charge is 0.285 e. The predicted molar refractivity (Wildman–Crippen MR) is 162 cm³/mol. The molecule has 1 saturated heterocycles. The van der Waals surface area contributed by atoms with Gasteiger partial charge in [-0.3, -0.25) is 10.1 Å². The lowest BCUT2D eigenvalue weighted by molar-refractivity contribution is -0.420. The first-order chi connectivity index (χ1) is 19.3. The lowest BCUT2D eigenvalue weighted by atomic mass is 9.88. The Morgan fingerprint density at radius 3 is 2.61 bits per heavy atom. The first-order valence-corrected chi connectivity index (χ1v) is 15.7. The second kappa shape index (κ2) is 10.9. The van der Waals surface area contributed by atoms with Crippen molar-refractivity contribution in [3.8, 4) is 0 Å². The van der Waals surface area contributed by atoms with Crippen molar-refractivity contribution < 1.29 is 13.3 Å².